The summed E-state index contributed by atoms with van der Waals surface area (Å²) in [6.45, 7) is 12.3. The van der Waals surface area contributed by atoms with Gasteiger partial charge in [0.25, 0.3) is 0 Å². The third-order valence-electron chi connectivity index (χ3n) is 4.81. The lowest BCUT2D eigenvalue weighted by molar-refractivity contribution is -0.130. The summed E-state index contributed by atoms with van der Waals surface area (Å²) in [5, 5.41) is 3.85. The average molecular weight is 307 g/mol. The van der Waals surface area contributed by atoms with E-state index in [4.69, 9.17) is 4.52 Å². The fraction of sp³-hybridized carbons (Fsp3) is 0.800. The Labute approximate surface area is 131 Å². The summed E-state index contributed by atoms with van der Waals surface area (Å²) in [6, 6.07) is 0.554. The zero-order chi connectivity index (χ0) is 15.7. The molecule has 1 aromatic heterocycles. The van der Waals surface area contributed by atoms with Gasteiger partial charge in [0.05, 0.1) is 6.54 Å². The first-order valence-corrected chi connectivity index (χ1v) is 8.04. The molecule has 2 aliphatic rings. The quantitative estimate of drug-likeness (QED) is 0.803. The Balaban J connectivity index is 1.54. The van der Waals surface area contributed by atoms with Crippen LogP contribution < -0.4 is 0 Å². The maximum atomic E-state index is 11.4. The molecule has 3 rings (SSSR count). The van der Waals surface area contributed by atoms with Crippen molar-refractivity contribution in [1.29, 1.82) is 0 Å². The van der Waals surface area contributed by atoms with Crippen LogP contribution in [0.3, 0.4) is 0 Å². The van der Waals surface area contributed by atoms with Crippen molar-refractivity contribution < 1.29 is 9.32 Å². The number of rotatable bonds is 3. The summed E-state index contributed by atoms with van der Waals surface area (Å²) in [5.74, 6) is 2.20. The van der Waals surface area contributed by atoms with E-state index in [1.807, 2.05) is 11.8 Å². The summed E-state index contributed by atoms with van der Waals surface area (Å²) >= 11 is 0. The SMILES string of the molecule is CC(=O)N1CCN([C@@H]2CN(Cc3nc(C)no3)C[C@H]2C)CC1. The molecule has 0 unspecified atom stereocenters. The molecule has 2 fully saturated rings. The number of piperazine rings is 1. The lowest BCUT2D eigenvalue weighted by Crippen LogP contribution is -2.53. The van der Waals surface area contributed by atoms with Crippen molar-refractivity contribution in [2.45, 2.75) is 33.4 Å². The number of aromatic nitrogens is 2. The van der Waals surface area contributed by atoms with Crippen molar-refractivity contribution in [2.24, 2.45) is 5.92 Å². The molecule has 0 aliphatic carbocycles. The molecule has 0 spiro atoms. The van der Waals surface area contributed by atoms with Gasteiger partial charge in [-0.1, -0.05) is 12.1 Å². The van der Waals surface area contributed by atoms with Gasteiger partial charge in [0.2, 0.25) is 11.8 Å². The third-order valence-corrected chi connectivity index (χ3v) is 4.81. The summed E-state index contributed by atoms with van der Waals surface area (Å²) < 4.78 is 5.22. The first-order chi connectivity index (χ1) is 10.5. The second kappa shape index (κ2) is 6.34. The molecule has 0 bridgehead atoms. The summed E-state index contributed by atoms with van der Waals surface area (Å²) in [4.78, 5) is 22.6. The van der Waals surface area contributed by atoms with Gasteiger partial charge in [0, 0.05) is 52.2 Å². The number of amides is 1. The number of hydrogen-bond acceptors (Lipinski definition) is 6. The van der Waals surface area contributed by atoms with Gasteiger partial charge in [0.1, 0.15) is 0 Å². The van der Waals surface area contributed by atoms with E-state index in [1.54, 1.807) is 6.92 Å². The van der Waals surface area contributed by atoms with E-state index in [0.29, 0.717) is 23.7 Å². The van der Waals surface area contributed by atoms with Crippen molar-refractivity contribution in [3.63, 3.8) is 0 Å². The number of aryl methyl sites for hydroxylation is 1. The highest BCUT2D eigenvalue weighted by atomic mass is 16.5. The van der Waals surface area contributed by atoms with Crippen LogP contribution in [-0.2, 0) is 11.3 Å². The van der Waals surface area contributed by atoms with Crippen molar-refractivity contribution in [1.82, 2.24) is 24.8 Å². The van der Waals surface area contributed by atoms with Crippen LogP contribution in [0.1, 0.15) is 25.6 Å². The number of carbonyl (C=O) groups is 1. The molecule has 2 saturated heterocycles. The van der Waals surface area contributed by atoms with Gasteiger partial charge in [-0.2, -0.15) is 4.98 Å². The largest absolute Gasteiger partial charge is 0.340 e. The number of nitrogens with zero attached hydrogens (tertiary/aromatic N) is 5. The average Bonchev–Trinajstić information content (AvgIpc) is 3.05. The number of hydrogen-bond donors (Lipinski definition) is 0. The molecule has 1 amide bonds. The van der Waals surface area contributed by atoms with Crippen molar-refractivity contribution in [2.75, 3.05) is 39.3 Å². The molecule has 7 heteroatoms. The van der Waals surface area contributed by atoms with Gasteiger partial charge < -0.3 is 9.42 Å². The predicted octanol–water partition coefficient (Wildman–Crippen LogP) is 0.362. The minimum absolute atomic E-state index is 0.188. The van der Waals surface area contributed by atoms with Gasteiger partial charge in [-0.15, -0.1) is 0 Å². The monoisotopic (exact) mass is 307 g/mol. The Bertz CT molecular complexity index is 524. The van der Waals surface area contributed by atoms with E-state index in [2.05, 4.69) is 26.9 Å². The first-order valence-electron chi connectivity index (χ1n) is 8.04. The van der Waals surface area contributed by atoms with Crippen LogP contribution in [0, 0.1) is 12.8 Å². The molecule has 1 aromatic rings. The fourth-order valence-electron chi connectivity index (χ4n) is 3.62. The van der Waals surface area contributed by atoms with E-state index >= 15 is 0 Å². The lowest BCUT2D eigenvalue weighted by Gasteiger charge is -2.39. The van der Waals surface area contributed by atoms with Gasteiger partial charge in [-0.05, 0) is 12.8 Å². The summed E-state index contributed by atoms with van der Waals surface area (Å²) in [6.07, 6.45) is 0. The molecule has 7 nitrogen and oxygen atoms in total. The third kappa shape index (κ3) is 3.30. The van der Waals surface area contributed by atoms with E-state index in [9.17, 15) is 4.79 Å². The molecular formula is C15H25N5O2. The number of carbonyl (C=O) groups excluding carboxylic acids is 1. The molecule has 22 heavy (non-hydrogen) atoms. The fourth-order valence-corrected chi connectivity index (χ4v) is 3.62. The molecule has 0 N–H and O–H groups in total. The summed E-state index contributed by atoms with van der Waals surface area (Å²) in [7, 11) is 0. The van der Waals surface area contributed by atoms with Gasteiger partial charge >= 0.3 is 0 Å². The van der Waals surface area contributed by atoms with Crippen molar-refractivity contribution in [3.8, 4) is 0 Å². The molecule has 0 radical (unpaired) electrons. The minimum Gasteiger partial charge on any atom is -0.340 e. The van der Waals surface area contributed by atoms with Crippen LogP contribution in [0.25, 0.3) is 0 Å². The highest BCUT2D eigenvalue weighted by molar-refractivity contribution is 5.73. The minimum atomic E-state index is 0.188. The Kier molecular flexibility index (Phi) is 4.44. The van der Waals surface area contributed by atoms with Crippen LogP contribution >= 0.6 is 0 Å². The molecule has 0 saturated carbocycles. The highest BCUT2D eigenvalue weighted by Crippen LogP contribution is 2.24. The predicted molar refractivity (Wildman–Crippen MR) is 81.1 cm³/mol. The Morgan fingerprint density at radius 1 is 1.27 bits per heavy atom. The van der Waals surface area contributed by atoms with E-state index in [1.165, 1.54) is 0 Å². The zero-order valence-corrected chi connectivity index (χ0v) is 13.7. The van der Waals surface area contributed by atoms with E-state index in [-0.39, 0.29) is 5.91 Å². The topological polar surface area (TPSA) is 65.7 Å². The highest BCUT2D eigenvalue weighted by Gasteiger charge is 2.35. The van der Waals surface area contributed by atoms with Crippen molar-refractivity contribution >= 4 is 5.91 Å². The molecule has 122 valence electrons. The maximum Gasteiger partial charge on any atom is 0.240 e. The van der Waals surface area contributed by atoms with E-state index in [0.717, 1.165) is 45.8 Å². The number of likely N-dealkylation sites (tertiary alicyclic amines) is 1. The Morgan fingerprint density at radius 3 is 2.59 bits per heavy atom. The van der Waals surface area contributed by atoms with Crippen LogP contribution in [0.4, 0.5) is 0 Å². The van der Waals surface area contributed by atoms with Crippen molar-refractivity contribution in [3.05, 3.63) is 11.7 Å². The molecule has 0 aromatic carbocycles. The van der Waals surface area contributed by atoms with Crippen LogP contribution in [0.5, 0.6) is 0 Å². The molecule has 3 heterocycles. The second-order valence-electron chi connectivity index (χ2n) is 6.52. The molecular weight excluding hydrogens is 282 g/mol. The van der Waals surface area contributed by atoms with Crippen LogP contribution in [-0.4, -0.2) is 76.1 Å². The lowest BCUT2D eigenvalue weighted by atomic mass is 10.0. The summed E-state index contributed by atoms with van der Waals surface area (Å²) in [5.41, 5.74) is 0. The first kappa shape index (κ1) is 15.4. The standard InChI is InChI=1S/C15H25N5O2/c1-11-8-18(10-15-16-12(2)17-22-15)9-14(11)20-6-4-19(5-7-20)13(3)21/h11,14H,4-10H2,1-3H3/t11-,14-/m1/s1. The van der Waals surface area contributed by atoms with E-state index < -0.39 is 0 Å². The Morgan fingerprint density at radius 2 is 2.00 bits per heavy atom. The van der Waals surface area contributed by atoms with Gasteiger partial charge in [0.15, 0.2) is 5.82 Å². The zero-order valence-electron chi connectivity index (χ0n) is 13.7. The normalized spacial score (nSPS) is 27.5. The Hall–Kier alpha value is -1.47. The molecule has 2 atom stereocenters. The second-order valence-corrected chi connectivity index (χ2v) is 6.52. The van der Waals surface area contributed by atoms with Crippen LogP contribution in [0.15, 0.2) is 4.52 Å². The smallest absolute Gasteiger partial charge is 0.240 e. The van der Waals surface area contributed by atoms with Gasteiger partial charge in [-0.3, -0.25) is 14.6 Å². The van der Waals surface area contributed by atoms with Crippen LogP contribution in [0.2, 0.25) is 0 Å². The molecule has 2 aliphatic heterocycles. The van der Waals surface area contributed by atoms with Gasteiger partial charge in [-0.25, -0.2) is 0 Å². The maximum absolute atomic E-state index is 11.4.